The van der Waals surface area contributed by atoms with Gasteiger partial charge in [0.05, 0.1) is 6.61 Å². The molecule has 21 heavy (non-hydrogen) atoms. The molecule has 4 nitrogen and oxygen atoms in total. The van der Waals surface area contributed by atoms with Crippen LogP contribution in [0, 0.1) is 0 Å². The summed E-state index contributed by atoms with van der Waals surface area (Å²) in [6.07, 6.45) is 4.20. The normalized spacial score (nSPS) is 12.1. The van der Waals surface area contributed by atoms with Gasteiger partial charge in [0.15, 0.2) is 6.10 Å². The van der Waals surface area contributed by atoms with Gasteiger partial charge in [0.2, 0.25) is 0 Å². The lowest BCUT2D eigenvalue weighted by atomic mass is 10.1. The molecule has 0 radical (unpaired) electrons. The van der Waals surface area contributed by atoms with Gasteiger partial charge in [-0.25, -0.2) is 4.79 Å². The van der Waals surface area contributed by atoms with E-state index in [2.05, 4.69) is 6.92 Å². The van der Waals surface area contributed by atoms with Gasteiger partial charge in [0.25, 0.3) is 0 Å². The Morgan fingerprint density at radius 3 is 2.48 bits per heavy atom. The van der Waals surface area contributed by atoms with E-state index in [0.29, 0.717) is 19.6 Å². The summed E-state index contributed by atoms with van der Waals surface area (Å²) in [5.41, 5.74) is 0.939. The summed E-state index contributed by atoms with van der Waals surface area (Å²) in [5.74, 6) is -0.0911. The topological polar surface area (TPSA) is 55.8 Å². The highest BCUT2D eigenvalue weighted by molar-refractivity contribution is 5.75. The first-order valence-electron chi connectivity index (χ1n) is 7.73. The lowest BCUT2D eigenvalue weighted by Crippen LogP contribution is -2.29. The second-order valence-electron chi connectivity index (χ2n) is 5.04. The molecule has 1 unspecified atom stereocenters. The largest absolute Gasteiger partial charge is 0.508 e. The van der Waals surface area contributed by atoms with Gasteiger partial charge in [-0.05, 0) is 31.0 Å². The molecule has 1 atom stereocenters. The number of rotatable bonds is 10. The summed E-state index contributed by atoms with van der Waals surface area (Å²) in [6, 6.07) is 6.79. The minimum atomic E-state index is -0.578. The van der Waals surface area contributed by atoms with Crippen LogP contribution < -0.4 is 0 Å². The van der Waals surface area contributed by atoms with Crippen molar-refractivity contribution in [1.29, 1.82) is 0 Å². The van der Waals surface area contributed by atoms with Crippen LogP contribution in [0.4, 0.5) is 0 Å². The molecule has 0 aliphatic heterocycles. The fourth-order valence-corrected chi connectivity index (χ4v) is 2.05. The minimum absolute atomic E-state index is 0.213. The Kier molecular flexibility index (Phi) is 8.51. The summed E-state index contributed by atoms with van der Waals surface area (Å²) in [4.78, 5) is 12.0. The summed E-state index contributed by atoms with van der Waals surface area (Å²) in [5, 5.41) is 9.27. The third kappa shape index (κ3) is 7.14. The molecule has 0 spiro atoms. The molecule has 0 aliphatic rings. The van der Waals surface area contributed by atoms with E-state index >= 15 is 0 Å². The summed E-state index contributed by atoms with van der Waals surface area (Å²) in [7, 11) is 0. The maximum atomic E-state index is 12.0. The molecule has 118 valence electrons. The second kappa shape index (κ2) is 10.2. The van der Waals surface area contributed by atoms with E-state index in [9.17, 15) is 9.90 Å². The van der Waals surface area contributed by atoms with Crippen molar-refractivity contribution in [3.63, 3.8) is 0 Å². The Morgan fingerprint density at radius 2 is 1.86 bits per heavy atom. The molecule has 0 aliphatic carbocycles. The van der Waals surface area contributed by atoms with Gasteiger partial charge in [0, 0.05) is 13.0 Å². The number of ether oxygens (including phenoxy) is 2. The number of unbranched alkanes of at least 4 members (excludes halogenated alkanes) is 3. The van der Waals surface area contributed by atoms with Crippen LogP contribution in [0.1, 0.15) is 45.1 Å². The van der Waals surface area contributed by atoms with Crippen molar-refractivity contribution in [2.45, 2.75) is 52.1 Å². The summed E-state index contributed by atoms with van der Waals surface area (Å²) < 4.78 is 10.8. The first kappa shape index (κ1) is 17.5. The number of esters is 1. The zero-order valence-electron chi connectivity index (χ0n) is 13.0. The lowest BCUT2D eigenvalue weighted by Gasteiger charge is -2.16. The van der Waals surface area contributed by atoms with Gasteiger partial charge in [0.1, 0.15) is 5.75 Å². The Labute approximate surface area is 127 Å². The molecule has 1 rings (SSSR count). The Morgan fingerprint density at radius 1 is 1.14 bits per heavy atom. The van der Waals surface area contributed by atoms with Crippen molar-refractivity contribution < 1.29 is 19.4 Å². The van der Waals surface area contributed by atoms with Gasteiger partial charge in [-0.3, -0.25) is 0 Å². The Balaban J connectivity index is 2.43. The molecular formula is C17H26O4. The van der Waals surface area contributed by atoms with Crippen LogP contribution in [0.15, 0.2) is 24.3 Å². The maximum absolute atomic E-state index is 12.0. The fourth-order valence-electron chi connectivity index (χ4n) is 2.05. The van der Waals surface area contributed by atoms with Gasteiger partial charge in [-0.1, -0.05) is 38.3 Å². The molecule has 0 heterocycles. The Hall–Kier alpha value is -1.55. The number of aromatic hydroxyl groups is 1. The van der Waals surface area contributed by atoms with Crippen LogP contribution in [0.2, 0.25) is 0 Å². The molecule has 0 aromatic heterocycles. The number of carbonyl (C=O) groups excluding carboxylic acids is 1. The smallest absolute Gasteiger partial charge is 0.335 e. The molecule has 0 fully saturated rings. The van der Waals surface area contributed by atoms with E-state index in [1.165, 1.54) is 6.42 Å². The molecule has 0 amide bonds. The van der Waals surface area contributed by atoms with Crippen LogP contribution in [0.25, 0.3) is 0 Å². The molecule has 1 aromatic carbocycles. The fraction of sp³-hybridized carbons (Fsp3) is 0.588. The number of hydrogen-bond donors (Lipinski definition) is 1. The van der Waals surface area contributed by atoms with E-state index in [-0.39, 0.29) is 11.7 Å². The van der Waals surface area contributed by atoms with Crippen LogP contribution in [-0.4, -0.2) is 30.4 Å². The maximum Gasteiger partial charge on any atom is 0.335 e. The minimum Gasteiger partial charge on any atom is -0.508 e. The molecule has 1 aromatic rings. The number of phenols is 1. The monoisotopic (exact) mass is 294 g/mol. The van der Waals surface area contributed by atoms with Crippen molar-refractivity contribution in [1.82, 2.24) is 0 Å². The van der Waals surface area contributed by atoms with Crippen LogP contribution in [-0.2, 0) is 20.7 Å². The van der Waals surface area contributed by atoms with E-state index in [1.54, 1.807) is 24.3 Å². The predicted molar refractivity (Wildman–Crippen MR) is 82.3 cm³/mol. The summed E-state index contributed by atoms with van der Waals surface area (Å²) >= 11 is 0. The van der Waals surface area contributed by atoms with Crippen molar-refractivity contribution in [3.8, 4) is 5.75 Å². The first-order valence-corrected chi connectivity index (χ1v) is 7.73. The highest BCUT2D eigenvalue weighted by Crippen LogP contribution is 2.13. The van der Waals surface area contributed by atoms with Gasteiger partial charge in [-0.2, -0.15) is 0 Å². The molecule has 0 saturated heterocycles. The Bertz CT molecular complexity index is 400. The van der Waals surface area contributed by atoms with Crippen LogP contribution in [0.5, 0.6) is 5.75 Å². The van der Waals surface area contributed by atoms with Crippen LogP contribution >= 0.6 is 0 Å². The molecule has 1 N–H and O–H groups in total. The third-order valence-electron chi connectivity index (χ3n) is 3.23. The number of carbonyl (C=O) groups is 1. The number of hydrogen-bond acceptors (Lipinski definition) is 4. The third-order valence-corrected chi connectivity index (χ3v) is 3.23. The highest BCUT2D eigenvalue weighted by atomic mass is 16.6. The van der Waals surface area contributed by atoms with Crippen molar-refractivity contribution in [3.05, 3.63) is 29.8 Å². The van der Waals surface area contributed by atoms with E-state index < -0.39 is 6.10 Å². The van der Waals surface area contributed by atoms with E-state index in [4.69, 9.17) is 9.47 Å². The van der Waals surface area contributed by atoms with Gasteiger partial charge in [-0.15, -0.1) is 0 Å². The quantitative estimate of drug-likeness (QED) is 0.530. The number of phenolic OH excluding ortho intramolecular Hbond substituents is 1. The SMILES string of the molecule is CCCCCCOC(=O)C(Cc1ccc(O)cc1)OCC. The highest BCUT2D eigenvalue weighted by Gasteiger charge is 2.20. The number of benzene rings is 1. The molecular weight excluding hydrogens is 268 g/mol. The second-order valence-corrected chi connectivity index (χ2v) is 5.04. The van der Waals surface area contributed by atoms with Crippen molar-refractivity contribution >= 4 is 5.97 Å². The van der Waals surface area contributed by atoms with E-state index in [0.717, 1.165) is 24.8 Å². The average molecular weight is 294 g/mol. The van der Waals surface area contributed by atoms with Gasteiger partial charge >= 0.3 is 5.97 Å². The zero-order valence-corrected chi connectivity index (χ0v) is 13.0. The molecule has 4 heteroatoms. The van der Waals surface area contributed by atoms with Crippen molar-refractivity contribution in [2.75, 3.05) is 13.2 Å². The van der Waals surface area contributed by atoms with E-state index in [1.807, 2.05) is 6.92 Å². The summed E-state index contributed by atoms with van der Waals surface area (Å²) in [6.45, 7) is 4.93. The standard InChI is InChI=1S/C17H26O4/c1-3-5-6-7-12-21-17(19)16(20-4-2)13-14-8-10-15(18)11-9-14/h8-11,16,18H,3-7,12-13H2,1-2H3. The van der Waals surface area contributed by atoms with Crippen molar-refractivity contribution in [2.24, 2.45) is 0 Å². The first-order chi connectivity index (χ1) is 10.2. The zero-order chi connectivity index (χ0) is 15.5. The predicted octanol–water partition coefficient (Wildman–Crippen LogP) is 3.46. The molecule has 0 bridgehead atoms. The average Bonchev–Trinajstić information content (AvgIpc) is 2.48. The molecule has 0 saturated carbocycles. The van der Waals surface area contributed by atoms with Gasteiger partial charge < -0.3 is 14.6 Å². The van der Waals surface area contributed by atoms with Crippen LogP contribution in [0.3, 0.4) is 0 Å². The lowest BCUT2D eigenvalue weighted by molar-refractivity contribution is -0.157.